The lowest BCUT2D eigenvalue weighted by atomic mass is 10.2. The van der Waals surface area contributed by atoms with Crippen LogP contribution in [0.3, 0.4) is 0 Å². The highest BCUT2D eigenvalue weighted by Gasteiger charge is 2.14. The molecule has 0 bridgehead atoms. The lowest BCUT2D eigenvalue weighted by Crippen LogP contribution is -2.39. The van der Waals surface area contributed by atoms with E-state index in [1.165, 1.54) is 23.7 Å². The zero-order valence-corrected chi connectivity index (χ0v) is 14.5. The van der Waals surface area contributed by atoms with E-state index in [9.17, 15) is 0 Å². The molecular weight excluding hydrogens is 300 g/mol. The standard InChI is InChI=1S/C19H28N4O/c1-20-19(22-12-9-17-7-4-15-24-17)21-11-5-13-23-14-10-16-6-2-3-8-18(16)23/h2-3,6,8,10,14,17H,4-5,7,9,11-13,15H2,1H3,(H2,20,21,22). The summed E-state index contributed by atoms with van der Waals surface area (Å²) in [5.41, 5.74) is 1.30. The Morgan fingerprint density at radius 2 is 2.12 bits per heavy atom. The van der Waals surface area contributed by atoms with Crippen molar-refractivity contribution in [2.45, 2.75) is 38.3 Å². The molecule has 2 N–H and O–H groups in total. The van der Waals surface area contributed by atoms with Crippen molar-refractivity contribution in [1.29, 1.82) is 0 Å². The first-order chi connectivity index (χ1) is 11.9. The second-order valence-electron chi connectivity index (χ2n) is 6.27. The summed E-state index contributed by atoms with van der Waals surface area (Å²) in [6, 6.07) is 10.7. The molecule has 5 nitrogen and oxygen atoms in total. The molecule has 24 heavy (non-hydrogen) atoms. The molecule has 1 fully saturated rings. The Morgan fingerprint density at radius 1 is 1.25 bits per heavy atom. The molecular formula is C19H28N4O. The van der Waals surface area contributed by atoms with Crippen LogP contribution >= 0.6 is 0 Å². The molecule has 2 aromatic rings. The molecule has 5 heteroatoms. The number of hydrogen-bond acceptors (Lipinski definition) is 2. The maximum atomic E-state index is 5.64. The van der Waals surface area contributed by atoms with E-state index < -0.39 is 0 Å². The predicted octanol–water partition coefficient (Wildman–Crippen LogP) is 2.77. The molecule has 1 aliphatic rings. The summed E-state index contributed by atoms with van der Waals surface area (Å²) in [7, 11) is 1.82. The third kappa shape index (κ3) is 4.51. The molecule has 0 amide bonds. The first-order valence-corrected chi connectivity index (χ1v) is 8.97. The lowest BCUT2D eigenvalue weighted by Gasteiger charge is -2.14. The van der Waals surface area contributed by atoms with Gasteiger partial charge in [-0.15, -0.1) is 0 Å². The molecule has 130 valence electrons. The summed E-state index contributed by atoms with van der Waals surface area (Å²) in [5, 5.41) is 8.06. The molecule has 0 aliphatic carbocycles. The minimum atomic E-state index is 0.428. The quantitative estimate of drug-likeness (QED) is 0.467. The number of para-hydroxylation sites is 1. The van der Waals surface area contributed by atoms with Gasteiger partial charge in [0.15, 0.2) is 5.96 Å². The van der Waals surface area contributed by atoms with Crippen molar-refractivity contribution in [1.82, 2.24) is 15.2 Å². The van der Waals surface area contributed by atoms with Crippen LogP contribution in [0.1, 0.15) is 25.7 Å². The summed E-state index contributed by atoms with van der Waals surface area (Å²) in [4.78, 5) is 4.28. The van der Waals surface area contributed by atoms with Gasteiger partial charge in [-0.2, -0.15) is 0 Å². The van der Waals surface area contributed by atoms with Crippen molar-refractivity contribution in [3.63, 3.8) is 0 Å². The zero-order chi connectivity index (χ0) is 16.6. The largest absolute Gasteiger partial charge is 0.378 e. The highest BCUT2D eigenvalue weighted by molar-refractivity contribution is 5.80. The van der Waals surface area contributed by atoms with Gasteiger partial charge in [0.05, 0.1) is 6.10 Å². The molecule has 1 atom stereocenters. The monoisotopic (exact) mass is 328 g/mol. The number of nitrogens with one attached hydrogen (secondary N) is 2. The Morgan fingerprint density at radius 3 is 2.96 bits per heavy atom. The van der Waals surface area contributed by atoms with Crippen molar-refractivity contribution >= 4 is 16.9 Å². The molecule has 0 radical (unpaired) electrons. The smallest absolute Gasteiger partial charge is 0.190 e. The van der Waals surface area contributed by atoms with Crippen LogP contribution in [-0.4, -0.2) is 43.4 Å². The molecule has 1 aliphatic heterocycles. The van der Waals surface area contributed by atoms with Gasteiger partial charge in [0.1, 0.15) is 0 Å². The molecule has 3 rings (SSSR count). The van der Waals surface area contributed by atoms with Crippen molar-refractivity contribution < 1.29 is 4.74 Å². The van der Waals surface area contributed by atoms with Crippen LogP contribution < -0.4 is 10.6 Å². The summed E-state index contributed by atoms with van der Waals surface area (Å²) in [6.45, 7) is 3.75. The predicted molar refractivity (Wildman–Crippen MR) is 99.5 cm³/mol. The van der Waals surface area contributed by atoms with Crippen LogP contribution in [-0.2, 0) is 11.3 Å². The van der Waals surface area contributed by atoms with Crippen LogP contribution in [0.2, 0.25) is 0 Å². The first-order valence-electron chi connectivity index (χ1n) is 8.97. The summed E-state index contributed by atoms with van der Waals surface area (Å²) in [6.07, 6.45) is 7.10. The van der Waals surface area contributed by atoms with E-state index in [1.807, 2.05) is 7.05 Å². The number of benzene rings is 1. The molecule has 1 unspecified atom stereocenters. The molecule has 2 heterocycles. The van der Waals surface area contributed by atoms with Crippen molar-refractivity contribution in [3.8, 4) is 0 Å². The minimum Gasteiger partial charge on any atom is -0.378 e. The third-order valence-corrected chi connectivity index (χ3v) is 4.55. The average molecular weight is 328 g/mol. The lowest BCUT2D eigenvalue weighted by molar-refractivity contribution is 0.105. The van der Waals surface area contributed by atoms with Gasteiger partial charge in [-0.25, -0.2) is 0 Å². The summed E-state index contributed by atoms with van der Waals surface area (Å²) >= 11 is 0. The maximum Gasteiger partial charge on any atom is 0.190 e. The van der Waals surface area contributed by atoms with Crippen molar-refractivity contribution in [2.24, 2.45) is 4.99 Å². The number of aromatic nitrogens is 1. The topological polar surface area (TPSA) is 50.6 Å². The Labute approximate surface area is 144 Å². The van der Waals surface area contributed by atoms with E-state index in [-0.39, 0.29) is 0 Å². The molecule has 0 spiro atoms. The third-order valence-electron chi connectivity index (χ3n) is 4.55. The van der Waals surface area contributed by atoms with Gasteiger partial charge >= 0.3 is 0 Å². The van der Waals surface area contributed by atoms with Gasteiger partial charge in [-0.3, -0.25) is 4.99 Å². The van der Waals surface area contributed by atoms with Crippen molar-refractivity contribution in [3.05, 3.63) is 36.5 Å². The highest BCUT2D eigenvalue weighted by Crippen LogP contribution is 2.15. The van der Waals surface area contributed by atoms with Gasteiger partial charge in [0, 0.05) is 45.0 Å². The van der Waals surface area contributed by atoms with Crippen LogP contribution in [0.15, 0.2) is 41.5 Å². The SMILES string of the molecule is CN=C(NCCCn1ccc2ccccc21)NCCC1CCCO1. The van der Waals surface area contributed by atoms with E-state index in [2.05, 4.69) is 56.7 Å². The van der Waals surface area contributed by atoms with Crippen LogP contribution in [0.25, 0.3) is 10.9 Å². The van der Waals surface area contributed by atoms with Crippen LogP contribution in [0, 0.1) is 0 Å². The summed E-state index contributed by atoms with van der Waals surface area (Å²) in [5.74, 6) is 0.880. The number of ether oxygens (including phenoxy) is 1. The van der Waals surface area contributed by atoms with E-state index in [0.717, 1.165) is 45.0 Å². The Balaban J connectivity index is 1.35. The maximum absolute atomic E-state index is 5.64. The van der Waals surface area contributed by atoms with E-state index in [0.29, 0.717) is 6.10 Å². The fraction of sp³-hybridized carbons (Fsp3) is 0.526. The highest BCUT2D eigenvalue weighted by atomic mass is 16.5. The number of aryl methyl sites for hydroxylation is 1. The van der Waals surface area contributed by atoms with Gasteiger partial charge in [0.2, 0.25) is 0 Å². The van der Waals surface area contributed by atoms with Gasteiger partial charge in [0.25, 0.3) is 0 Å². The normalized spacial score (nSPS) is 18.2. The van der Waals surface area contributed by atoms with Crippen LogP contribution in [0.4, 0.5) is 0 Å². The summed E-state index contributed by atoms with van der Waals surface area (Å²) < 4.78 is 7.95. The van der Waals surface area contributed by atoms with Gasteiger partial charge < -0.3 is 19.9 Å². The van der Waals surface area contributed by atoms with Crippen molar-refractivity contribution in [2.75, 3.05) is 26.7 Å². The molecule has 1 aromatic heterocycles. The van der Waals surface area contributed by atoms with E-state index in [4.69, 9.17) is 4.74 Å². The number of fused-ring (bicyclic) bond motifs is 1. The fourth-order valence-electron chi connectivity index (χ4n) is 3.24. The van der Waals surface area contributed by atoms with Crippen LogP contribution in [0.5, 0.6) is 0 Å². The second-order valence-corrected chi connectivity index (χ2v) is 6.27. The first kappa shape index (κ1) is 16.8. The molecule has 0 saturated carbocycles. The minimum absolute atomic E-state index is 0.428. The van der Waals surface area contributed by atoms with Gasteiger partial charge in [-0.1, -0.05) is 18.2 Å². The number of rotatable bonds is 7. The Kier molecular flexibility index (Phi) is 6.13. The van der Waals surface area contributed by atoms with Gasteiger partial charge in [-0.05, 0) is 43.2 Å². The van der Waals surface area contributed by atoms with E-state index in [1.54, 1.807) is 0 Å². The number of nitrogens with zero attached hydrogens (tertiary/aromatic N) is 2. The number of aliphatic imine (C=N–C) groups is 1. The molecule has 1 aromatic carbocycles. The number of hydrogen-bond donors (Lipinski definition) is 2. The van der Waals surface area contributed by atoms with E-state index >= 15 is 0 Å². The molecule has 1 saturated heterocycles. The number of guanidine groups is 1. The second kappa shape index (κ2) is 8.73. The average Bonchev–Trinajstić information content (AvgIpc) is 3.27. The Hall–Kier alpha value is -2.01. The zero-order valence-electron chi connectivity index (χ0n) is 14.5. The Bertz CT molecular complexity index is 658. The fourth-order valence-corrected chi connectivity index (χ4v) is 3.24.